The number of anilines is 1. The molecule has 23 heavy (non-hydrogen) atoms. The van der Waals surface area contributed by atoms with Crippen molar-refractivity contribution in [2.45, 2.75) is 26.5 Å². The van der Waals surface area contributed by atoms with Gasteiger partial charge in [0.15, 0.2) is 0 Å². The van der Waals surface area contributed by atoms with Gasteiger partial charge in [0.25, 0.3) is 0 Å². The van der Waals surface area contributed by atoms with Crippen molar-refractivity contribution in [3.63, 3.8) is 0 Å². The number of hydrogen-bond acceptors (Lipinski definition) is 3. The van der Waals surface area contributed by atoms with E-state index in [1.54, 1.807) is 18.9 Å². The molecule has 0 saturated carbocycles. The van der Waals surface area contributed by atoms with Crippen molar-refractivity contribution in [3.05, 3.63) is 58.7 Å². The number of rotatable bonds is 6. The fraction of sp³-hybridized carbons (Fsp3) is 0.316. The first kappa shape index (κ1) is 17.4. The van der Waals surface area contributed by atoms with Crippen LogP contribution in [0.1, 0.15) is 22.3 Å². The summed E-state index contributed by atoms with van der Waals surface area (Å²) in [5.74, 6) is 2.07. The molecule has 0 radical (unpaired) electrons. The van der Waals surface area contributed by atoms with Crippen molar-refractivity contribution in [3.8, 4) is 5.75 Å². The summed E-state index contributed by atoms with van der Waals surface area (Å²) in [6, 6.07) is 12.1. The maximum atomic E-state index is 12.1. The average Bonchev–Trinajstić information content (AvgIpc) is 2.52. The van der Waals surface area contributed by atoms with Gasteiger partial charge in [0.2, 0.25) is 5.91 Å². The predicted molar refractivity (Wildman–Crippen MR) is 98.4 cm³/mol. The number of thioether (sulfide) groups is 1. The number of aryl methyl sites for hydroxylation is 2. The second-order valence-corrected chi connectivity index (χ2v) is 6.59. The van der Waals surface area contributed by atoms with Gasteiger partial charge in [0.05, 0.1) is 12.9 Å². The number of amides is 1. The molecule has 0 aromatic heterocycles. The molecular weight excluding hydrogens is 306 g/mol. The summed E-state index contributed by atoms with van der Waals surface area (Å²) in [4.78, 5) is 12.1. The van der Waals surface area contributed by atoms with Gasteiger partial charge in [-0.15, -0.1) is 11.8 Å². The van der Waals surface area contributed by atoms with E-state index in [4.69, 9.17) is 4.74 Å². The summed E-state index contributed by atoms with van der Waals surface area (Å²) >= 11 is 1.59. The highest BCUT2D eigenvalue weighted by Crippen LogP contribution is 2.25. The molecule has 0 aliphatic carbocycles. The van der Waals surface area contributed by atoms with Crippen LogP contribution in [0.25, 0.3) is 0 Å². The maximum Gasteiger partial charge on any atom is 0.234 e. The number of carbonyl (C=O) groups excluding carboxylic acids is 1. The quantitative estimate of drug-likeness (QED) is 0.848. The topological polar surface area (TPSA) is 38.3 Å². The Kier molecular flexibility index (Phi) is 6.11. The third kappa shape index (κ3) is 4.76. The van der Waals surface area contributed by atoms with Gasteiger partial charge in [-0.3, -0.25) is 4.79 Å². The number of methoxy groups -OCH3 is 1. The SMILES string of the molecule is COc1ccc(C)cc1CSCC(=O)Nc1cccc(C)c1C. The van der Waals surface area contributed by atoms with Crippen LogP contribution < -0.4 is 10.1 Å². The van der Waals surface area contributed by atoms with Gasteiger partial charge < -0.3 is 10.1 Å². The number of carbonyl (C=O) groups is 1. The van der Waals surface area contributed by atoms with Gasteiger partial charge in [-0.25, -0.2) is 0 Å². The van der Waals surface area contributed by atoms with Crippen LogP contribution in [0.15, 0.2) is 36.4 Å². The highest BCUT2D eigenvalue weighted by atomic mass is 32.2. The molecule has 122 valence electrons. The molecule has 0 saturated heterocycles. The van der Waals surface area contributed by atoms with E-state index in [0.717, 1.165) is 28.3 Å². The van der Waals surface area contributed by atoms with Gasteiger partial charge in [-0.2, -0.15) is 0 Å². The molecule has 0 heterocycles. The number of nitrogens with one attached hydrogen (secondary N) is 1. The summed E-state index contributed by atoms with van der Waals surface area (Å²) in [5.41, 5.74) is 5.51. The van der Waals surface area contributed by atoms with E-state index in [9.17, 15) is 4.79 Å². The molecule has 2 rings (SSSR count). The first-order valence-electron chi connectivity index (χ1n) is 7.58. The minimum absolute atomic E-state index is 0.0234. The van der Waals surface area contributed by atoms with Crippen molar-refractivity contribution < 1.29 is 9.53 Å². The highest BCUT2D eigenvalue weighted by Gasteiger charge is 2.08. The second kappa shape index (κ2) is 8.06. The fourth-order valence-electron chi connectivity index (χ4n) is 2.35. The monoisotopic (exact) mass is 329 g/mol. The lowest BCUT2D eigenvalue weighted by molar-refractivity contribution is -0.113. The molecule has 0 bridgehead atoms. The molecule has 3 nitrogen and oxygen atoms in total. The Morgan fingerprint density at radius 2 is 1.96 bits per heavy atom. The van der Waals surface area contributed by atoms with Crippen molar-refractivity contribution in [2.24, 2.45) is 0 Å². The van der Waals surface area contributed by atoms with E-state index in [2.05, 4.69) is 18.3 Å². The van der Waals surface area contributed by atoms with Gasteiger partial charge in [-0.1, -0.05) is 29.8 Å². The third-order valence-corrected chi connectivity index (χ3v) is 4.79. The van der Waals surface area contributed by atoms with Crippen LogP contribution in [0, 0.1) is 20.8 Å². The summed E-state index contributed by atoms with van der Waals surface area (Å²) in [7, 11) is 1.67. The lowest BCUT2D eigenvalue weighted by atomic mass is 10.1. The fourth-order valence-corrected chi connectivity index (χ4v) is 3.15. The molecule has 1 amide bonds. The molecule has 2 aromatic rings. The van der Waals surface area contributed by atoms with Crippen LogP contribution in [0.5, 0.6) is 5.75 Å². The number of benzene rings is 2. The smallest absolute Gasteiger partial charge is 0.234 e. The summed E-state index contributed by atoms with van der Waals surface area (Å²) in [5, 5.41) is 2.99. The maximum absolute atomic E-state index is 12.1. The molecule has 0 fully saturated rings. The van der Waals surface area contributed by atoms with Crippen molar-refractivity contribution in [1.82, 2.24) is 0 Å². The van der Waals surface area contributed by atoms with Crippen LogP contribution in [0.2, 0.25) is 0 Å². The zero-order valence-corrected chi connectivity index (χ0v) is 14.9. The Morgan fingerprint density at radius 3 is 2.70 bits per heavy atom. The minimum atomic E-state index is 0.0234. The van der Waals surface area contributed by atoms with E-state index in [1.807, 2.05) is 44.2 Å². The first-order valence-corrected chi connectivity index (χ1v) is 8.74. The van der Waals surface area contributed by atoms with E-state index in [0.29, 0.717) is 5.75 Å². The Bertz CT molecular complexity index is 698. The normalized spacial score (nSPS) is 10.4. The molecule has 0 spiro atoms. The summed E-state index contributed by atoms with van der Waals surface area (Å²) < 4.78 is 5.37. The van der Waals surface area contributed by atoms with E-state index < -0.39 is 0 Å². The second-order valence-electron chi connectivity index (χ2n) is 5.60. The molecule has 0 atom stereocenters. The van der Waals surface area contributed by atoms with Crippen LogP contribution in [0.3, 0.4) is 0 Å². The van der Waals surface area contributed by atoms with Gasteiger partial charge >= 0.3 is 0 Å². The Balaban J connectivity index is 1.90. The zero-order chi connectivity index (χ0) is 16.8. The van der Waals surface area contributed by atoms with Crippen molar-refractivity contribution in [1.29, 1.82) is 0 Å². The minimum Gasteiger partial charge on any atom is -0.496 e. The van der Waals surface area contributed by atoms with Crippen LogP contribution in [-0.2, 0) is 10.5 Å². The largest absolute Gasteiger partial charge is 0.496 e. The molecule has 2 aromatic carbocycles. The number of hydrogen-bond donors (Lipinski definition) is 1. The van der Waals surface area contributed by atoms with Crippen LogP contribution in [-0.4, -0.2) is 18.8 Å². The van der Waals surface area contributed by atoms with Crippen LogP contribution in [0.4, 0.5) is 5.69 Å². The van der Waals surface area contributed by atoms with E-state index in [-0.39, 0.29) is 5.91 Å². The molecule has 0 aliphatic rings. The molecule has 0 aliphatic heterocycles. The van der Waals surface area contributed by atoms with Crippen LogP contribution >= 0.6 is 11.8 Å². The van der Waals surface area contributed by atoms with Gasteiger partial charge in [0.1, 0.15) is 5.75 Å². The Labute approximate surface area is 142 Å². The average molecular weight is 329 g/mol. The predicted octanol–water partition coefficient (Wildman–Crippen LogP) is 4.49. The summed E-state index contributed by atoms with van der Waals surface area (Å²) in [6.07, 6.45) is 0. The Hall–Kier alpha value is -1.94. The van der Waals surface area contributed by atoms with E-state index in [1.165, 1.54) is 11.1 Å². The molecule has 0 unspecified atom stereocenters. The Morgan fingerprint density at radius 1 is 1.17 bits per heavy atom. The van der Waals surface area contributed by atoms with Crippen molar-refractivity contribution >= 4 is 23.4 Å². The molecule has 4 heteroatoms. The molecule has 1 N–H and O–H groups in total. The zero-order valence-electron chi connectivity index (χ0n) is 14.1. The lowest BCUT2D eigenvalue weighted by Gasteiger charge is -2.11. The lowest BCUT2D eigenvalue weighted by Crippen LogP contribution is -2.15. The summed E-state index contributed by atoms with van der Waals surface area (Å²) in [6.45, 7) is 6.13. The molecular formula is C19H23NO2S. The highest BCUT2D eigenvalue weighted by molar-refractivity contribution is 7.99. The number of ether oxygens (including phenoxy) is 1. The van der Waals surface area contributed by atoms with Gasteiger partial charge in [-0.05, 0) is 44.0 Å². The third-order valence-electron chi connectivity index (χ3n) is 3.81. The standard InChI is InChI=1S/C19H23NO2S/c1-13-8-9-18(22-4)16(10-13)11-23-12-19(21)20-17-7-5-6-14(2)15(17)3/h5-10H,11-12H2,1-4H3,(H,20,21). The van der Waals surface area contributed by atoms with Crippen molar-refractivity contribution in [2.75, 3.05) is 18.2 Å². The first-order chi connectivity index (χ1) is 11.0. The van der Waals surface area contributed by atoms with Gasteiger partial charge in [0, 0.05) is 17.0 Å². The van der Waals surface area contributed by atoms with E-state index >= 15 is 0 Å².